The zero-order valence-corrected chi connectivity index (χ0v) is 25.7. The van der Waals surface area contributed by atoms with Crippen molar-refractivity contribution >= 4 is 62.9 Å². The van der Waals surface area contributed by atoms with E-state index in [-0.39, 0.29) is 11.6 Å². The van der Waals surface area contributed by atoms with Gasteiger partial charge in [0.25, 0.3) is 11.8 Å². The third kappa shape index (κ3) is 8.53. The Bertz CT molecular complexity index is 1770. The van der Waals surface area contributed by atoms with Crippen molar-refractivity contribution in [1.29, 1.82) is 0 Å². The molecule has 0 bridgehead atoms. The highest BCUT2D eigenvalue weighted by atomic mass is 79.9. The summed E-state index contributed by atoms with van der Waals surface area (Å²) in [5.41, 5.74) is 3.32. The quantitative estimate of drug-likeness (QED) is 0.105. The van der Waals surface area contributed by atoms with Gasteiger partial charge in [0.05, 0.1) is 0 Å². The van der Waals surface area contributed by atoms with Crippen molar-refractivity contribution in [1.82, 2.24) is 10.3 Å². The number of halogens is 1. The molecule has 3 amide bonds. The van der Waals surface area contributed by atoms with Crippen molar-refractivity contribution in [2.45, 2.75) is 10.1 Å². The Labute approximate surface area is 268 Å². The predicted octanol–water partition coefficient (Wildman–Crippen LogP) is 7.73. The summed E-state index contributed by atoms with van der Waals surface area (Å²) >= 11 is 4.85. The molecule has 4 aromatic carbocycles. The monoisotopic (exact) mass is 662 g/mol. The molecular formula is C35H27BrN4O3S. The van der Waals surface area contributed by atoms with E-state index in [9.17, 15) is 14.4 Å². The number of pyridine rings is 1. The van der Waals surface area contributed by atoms with Crippen molar-refractivity contribution in [2.24, 2.45) is 0 Å². The van der Waals surface area contributed by atoms with Gasteiger partial charge >= 0.3 is 0 Å². The third-order valence-corrected chi connectivity index (χ3v) is 8.10. The van der Waals surface area contributed by atoms with Crippen molar-refractivity contribution < 1.29 is 14.4 Å². The summed E-state index contributed by atoms with van der Waals surface area (Å²) in [6.07, 6.45) is 4.87. The lowest BCUT2D eigenvalue weighted by atomic mass is 10.1. The molecule has 7 nitrogen and oxygen atoms in total. The first-order chi connectivity index (χ1) is 21.4. The van der Waals surface area contributed by atoms with Crippen LogP contribution in [0.4, 0.5) is 11.4 Å². The lowest BCUT2D eigenvalue weighted by molar-refractivity contribution is -0.116. The molecule has 0 radical (unpaired) electrons. The van der Waals surface area contributed by atoms with Crippen LogP contribution in [0, 0.1) is 0 Å². The van der Waals surface area contributed by atoms with Crippen LogP contribution >= 0.6 is 27.7 Å². The maximum absolute atomic E-state index is 13.4. The number of benzene rings is 4. The number of hydrogen-bond donors (Lipinski definition) is 3. The number of thioether (sulfide) groups is 1. The lowest BCUT2D eigenvalue weighted by Crippen LogP contribution is -2.30. The van der Waals surface area contributed by atoms with Crippen molar-refractivity contribution in [2.75, 3.05) is 10.6 Å². The van der Waals surface area contributed by atoms with Crippen LogP contribution in [0.15, 0.2) is 149 Å². The number of carbonyl (C=O) groups is 3. The van der Waals surface area contributed by atoms with Gasteiger partial charge in [-0.05, 0) is 77.9 Å². The van der Waals surface area contributed by atoms with E-state index in [1.807, 2.05) is 72.8 Å². The van der Waals surface area contributed by atoms with E-state index in [4.69, 9.17) is 0 Å². The second-order valence-electron chi connectivity index (χ2n) is 9.55. The number of nitrogens with zero attached hydrogens (tertiary/aromatic N) is 1. The largest absolute Gasteiger partial charge is 0.325 e. The normalized spacial score (nSPS) is 11.7. The molecule has 0 fully saturated rings. The van der Waals surface area contributed by atoms with E-state index in [0.717, 1.165) is 20.5 Å². The lowest BCUT2D eigenvalue weighted by Gasteiger charge is -2.17. The minimum absolute atomic E-state index is 0.0901. The number of nitrogens with one attached hydrogen (secondary N) is 3. The standard InChI is InChI=1S/C35H27BrN4O3S/c36-27-13-7-8-24(22-27)23-31(40-33(41)26-11-5-2-6-12-26)34(42)38-28-14-16-30(17-15-28)44-32(25-9-3-1-4-10-25)35(43)39-29-18-20-37-21-19-29/h1-23,32H,(H,38,42)(H,40,41)(H,37,39,43)/b31-23-. The van der Waals surface area contributed by atoms with Crippen LogP contribution in [-0.4, -0.2) is 22.7 Å². The van der Waals surface area contributed by atoms with E-state index >= 15 is 0 Å². The molecule has 44 heavy (non-hydrogen) atoms. The SMILES string of the molecule is O=C(Nc1ccc(SC(C(=O)Nc2ccncc2)c2ccccc2)cc1)/C(=C/c1cccc(Br)c1)NC(=O)c1ccccc1. The first kappa shape index (κ1) is 30.5. The highest BCUT2D eigenvalue weighted by Gasteiger charge is 2.22. The maximum atomic E-state index is 13.4. The highest BCUT2D eigenvalue weighted by molar-refractivity contribution is 9.10. The number of rotatable bonds is 10. The fraction of sp³-hybridized carbons (Fsp3) is 0.0286. The van der Waals surface area contributed by atoms with E-state index in [1.165, 1.54) is 11.8 Å². The summed E-state index contributed by atoms with van der Waals surface area (Å²) in [6.45, 7) is 0. The Hall–Kier alpha value is -4.99. The molecule has 0 aliphatic heterocycles. The first-order valence-electron chi connectivity index (χ1n) is 13.6. The molecule has 3 N–H and O–H groups in total. The van der Waals surface area contributed by atoms with Crippen molar-refractivity contribution in [3.05, 3.63) is 161 Å². The zero-order valence-electron chi connectivity index (χ0n) is 23.3. The summed E-state index contributed by atoms with van der Waals surface area (Å²) in [7, 11) is 0. The summed E-state index contributed by atoms with van der Waals surface area (Å²) < 4.78 is 0.844. The molecule has 1 unspecified atom stereocenters. The second kappa shape index (κ2) is 15.0. The molecule has 5 rings (SSSR count). The Morgan fingerprint density at radius 2 is 1.39 bits per heavy atom. The smallest absolute Gasteiger partial charge is 0.272 e. The van der Waals surface area contributed by atoms with Gasteiger partial charge in [-0.1, -0.05) is 76.6 Å². The van der Waals surface area contributed by atoms with E-state index in [1.54, 1.807) is 67.0 Å². The van der Waals surface area contributed by atoms with Crippen LogP contribution in [0.1, 0.15) is 26.7 Å². The fourth-order valence-corrected chi connectivity index (χ4v) is 5.64. The van der Waals surface area contributed by atoms with Gasteiger partial charge in [-0.15, -0.1) is 11.8 Å². The Morgan fingerprint density at radius 3 is 2.07 bits per heavy atom. The summed E-state index contributed by atoms with van der Waals surface area (Å²) in [5, 5.41) is 8.07. The topological polar surface area (TPSA) is 100 Å². The maximum Gasteiger partial charge on any atom is 0.272 e. The minimum Gasteiger partial charge on any atom is -0.325 e. The molecule has 0 aliphatic rings. The van der Waals surface area contributed by atoms with E-state index < -0.39 is 17.1 Å². The summed E-state index contributed by atoms with van der Waals surface area (Å²) in [4.78, 5) is 44.5. The van der Waals surface area contributed by atoms with Gasteiger partial charge in [-0.2, -0.15) is 0 Å². The van der Waals surface area contributed by atoms with Crippen LogP contribution in [0.5, 0.6) is 0 Å². The van der Waals surface area contributed by atoms with Gasteiger partial charge in [-0.25, -0.2) is 0 Å². The number of aromatic nitrogens is 1. The van der Waals surface area contributed by atoms with Gasteiger partial charge in [0, 0.05) is 38.7 Å². The number of hydrogen-bond acceptors (Lipinski definition) is 5. The van der Waals surface area contributed by atoms with E-state index in [0.29, 0.717) is 16.9 Å². The second-order valence-corrected chi connectivity index (χ2v) is 11.6. The molecule has 218 valence electrons. The Kier molecular flexibility index (Phi) is 10.4. The highest BCUT2D eigenvalue weighted by Crippen LogP contribution is 2.36. The Balaban J connectivity index is 1.32. The zero-order chi connectivity index (χ0) is 30.7. The van der Waals surface area contributed by atoms with Crippen LogP contribution in [-0.2, 0) is 9.59 Å². The van der Waals surface area contributed by atoms with Gasteiger partial charge in [-0.3, -0.25) is 19.4 Å². The van der Waals surface area contributed by atoms with Gasteiger partial charge in [0.2, 0.25) is 5.91 Å². The van der Waals surface area contributed by atoms with Gasteiger partial charge in [0.1, 0.15) is 10.9 Å². The number of carbonyl (C=O) groups excluding carboxylic acids is 3. The predicted molar refractivity (Wildman–Crippen MR) is 179 cm³/mol. The fourth-order valence-electron chi connectivity index (χ4n) is 4.20. The molecule has 1 atom stereocenters. The van der Waals surface area contributed by atoms with Crippen LogP contribution in [0.3, 0.4) is 0 Å². The van der Waals surface area contributed by atoms with Gasteiger partial charge < -0.3 is 16.0 Å². The van der Waals surface area contributed by atoms with Crippen LogP contribution in [0.25, 0.3) is 6.08 Å². The first-order valence-corrected chi connectivity index (χ1v) is 15.3. The summed E-state index contributed by atoms with van der Waals surface area (Å²) in [5.74, 6) is -1.04. The van der Waals surface area contributed by atoms with Crippen molar-refractivity contribution in [3.8, 4) is 0 Å². The molecule has 9 heteroatoms. The van der Waals surface area contributed by atoms with E-state index in [2.05, 4.69) is 36.9 Å². The number of anilines is 2. The minimum atomic E-state index is -0.516. The van der Waals surface area contributed by atoms with Crippen LogP contribution in [0.2, 0.25) is 0 Å². The molecule has 5 aromatic rings. The average molecular weight is 664 g/mol. The molecule has 1 heterocycles. The molecule has 0 saturated carbocycles. The Morgan fingerprint density at radius 1 is 0.727 bits per heavy atom. The molecule has 0 spiro atoms. The van der Waals surface area contributed by atoms with Crippen molar-refractivity contribution in [3.63, 3.8) is 0 Å². The molecule has 1 aromatic heterocycles. The summed E-state index contributed by atoms with van der Waals surface area (Å²) in [6, 6.07) is 36.4. The van der Waals surface area contributed by atoms with Gasteiger partial charge in [0.15, 0.2) is 0 Å². The average Bonchev–Trinajstić information content (AvgIpc) is 3.05. The molecule has 0 aliphatic carbocycles. The van der Waals surface area contributed by atoms with Crippen LogP contribution < -0.4 is 16.0 Å². The molecular weight excluding hydrogens is 636 g/mol. The third-order valence-electron chi connectivity index (χ3n) is 6.34. The number of amides is 3. The molecule has 0 saturated heterocycles.